The molecule has 3 heteroatoms. The summed E-state index contributed by atoms with van der Waals surface area (Å²) in [6.07, 6.45) is 0. The van der Waals surface area contributed by atoms with E-state index in [-0.39, 0.29) is 0 Å². The first-order chi connectivity index (χ1) is 27.7. The zero-order valence-corrected chi connectivity index (χ0v) is 31.3. The fraction of sp³-hybridized carbons (Fsp3) is 0.0189. The molecule has 11 aromatic rings. The van der Waals surface area contributed by atoms with E-state index in [9.17, 15) is 0 Å². The summed E-state index contributed by atoms with van der Waals surface area (Å²) in [5.41, 5.74) is 12.5. The highest BCUT2D eigenvalue weighted by Crippen LogP contribution is 2.42. The van der Waals surface area contributed by atoms with Crippen LogP contribution in [-0.4, -0.2) is 0 Å². The molecule has 0 bridgehead atoms. The van der Waals surface area contributed by atoms with Crippen molar-refractivity contribution in [3.63, 3.8) is 0 Å². The van der Waals surface area contributed by atoms with Gasteiger partial charge in [-0.25, -0.2) is 0 Å². The molecule has 2 nitrogen and oxygen atoms in total. The third-order valence-corrected chi connectivity index (χ3v) is 12.4. The Balaban J connectivity index is 1.04. The van der Waals surface area contributed by atoms with Gasteiger partial charge in [0.05, 0.1) is 0 Å². The van der Waals surface area contributed by atoms with E-state index in [0.29, 0.717) is 6.54 Å². The van der Waals surface area contributed by atoms with E-state index in [0.717, 1.165) is 38.9 Å². The molecule has 0 amide bonds. The first-order valence-corrected chi connectivity index (χ1v) is 19.9. The molecular formula is C53H35NOS. The van der Waals surface area contributed by atoms with E-state index in [2.05, 4.69) is 199 Å². The van der Waals surface area contributed by atoms with E-state index < -0.39 is 0 Å². The molecule has 0 unspecified atom stereocenters. The average molecular weight is 734 g/mol. The van der Waals surface area contributed by atoms with Crippen molar-refractivity contribution in [2.45, 2.75) is 6.54 Å². The fourth-order valence-electron chi connectivity index (χ4n) is 8.40. The SMILES string of the molecule is c1cc(-c2cccc3c2sc2ccccc23)cc(N(Cc2ccccc2-c2cccc3c2oc2ccccc23)c2ccc(-c3ccc4ccccc4c3)cc2)c1. The predicted octanol–water partition coefficient (Wildman–Crippen LogP) is 15.4. The van der Waals surface area contributed by atoms with Crippen molar-refractivity contribution in [3.05, 3.63) is 206 Å². The molecule has 0 aliphatic rings. The quantitative estimate of drug-likeness (QED) is 0.162. The second-order valence-electron chi connectivity index (χ2n) is 14.5. The van der Waals surface area contributed by atoms with Gasteiger partial charge in [0.2, 0.25) is 0 Å². The van der Waals surface area contributed by atoms with Crippen LogP contribution >= 0.6 is 11.3 Å². The van der Waals surface area contributed by atoms with Gasteiger partial charge in [0.1, 0.15) is 11.2 Å². The maximum atomic E-state index is 6.56. The molecule has 11 rings (SSSR count). The van der Waals surface area contributed by atoms with Gasteiger partial charge < -0.3 is 9.32 Å². The minimum atomic E-state index is 0.665. The maximum Gasteiger partial charge on any atom is 0.143 e. The van der Waals surface area contributed by atoms with Crippen molar-refractivity contribution >= 4 is 75.6 Å². The van der Waals surface area contributed by atoms with Crippen LogP contribution in [0.3, 0.4) is 0 Å². The Bertz CT molecular complexity index is 3240. The number of benzene rings is 9. The lowest BCUT2D eigenvalue weighted by molar-refractivity contribution is 0.670. The van der Waals surface area contributed by atoms with Gasteiger partial charge in [-0.15, -0.1) is 11.3 Å². The molecule has 264 valence electrons. The minimum absolute atomic E-state index is 0.665. The van der Waals surface area contributed by atoms with Gasteiger partial charge in [-0.05, 0) is 86.6 Å². The molecule has 0 spiro atoms. The van der Waals surface area contributed by atoms with Gasteiger partial charge in [-0.1, -0.05) is 158 Å². The summed E-state index contributed by atoms with van der Waals surface area (Å²) in [6, 6.07) is 72.5. The largest absolute Gasteiger partial charge is 0.455 e. The molecule has 2 aromatic heterocycles. The molecule has 0 fully saturated rings. The lowest BCUT2D eigenvalue weighted by Crippen LogP contribution is -2.17. The second-order valence-corrected chi connectivity index (χ2v) is 15.5. The van der Waals surface area contributed by atoms with Crippen molar-refractivity contribution in [3.8, 4) is 33.4 Å². The standard InChI is InChI=1S/C53H35NOS/c1-2-13-37-32-38(27-26-35(37)12-1)36-28-30-41(31-29-36)54(42-16-9-15-39(33-42)44-20-10-23-49-46-19-6-8-25-51(46)56-53(44)49)34-40-14-3-4-17-43(40)47-21-11-22-48-45-18-5-7-24-50(45)55-52(47)48/h1-33H,34H2. The van der Waals surface area contributed by atoms with Gasteiger partial charge in [0.25, 0.3) is 0 Å². The van der Waals surface area contributed by atoms with Crippen LogP contribution in [0.25, 0.3) is 86.3 Å². The molecule has 0 saturated carbocycles. The molecule has 0 atom stereocenters. The molecule has 0 N–H and O–H groups in total. The summed E-state index contributed by atoms with van der Waals surface area (Å²) < 4.78 is 9.19. The lowest BCUT2D eigenvalue weighted by atomic mass is 9.96. The van der Waals surface area contributed by atoms with Crippen LogP contribution in [0.15, 0.2) is 205 Å². The summed E-state index contributed by atoms with van der Waals surface area (Å²) in [5.74, 6) is 0. The molecule has 0 aliphatic carbocycles. The summed E-state index contributed by atoms with van der Waals surface area (Å²) in [6.45, 7) is 0.665. The van der Waals surface area contributed by atoms with Gasteiger partial charge in [-0.2, -0.15) is 0 Å². The van der Waals surface area contributed by atoms with Gasteiger partial charge in [0, 0.05) is 54.4 Å². The predicted molar refractivity (Wildman–Crippen MR) is 239 cm³/mol. The number of furan rings is 1. The van der Waals surface area contributed by atoms with E-state index in [1.807, 2.05) is 17.4 Å². The van der Waals surface area contributed by atoms with Crippen LogP contribution in [0.2, 0.25) is 0 Å². The van der Waals surface area contributed by atoms with Crippen molar-refractivity contribution in [2.75, 3.05) is 4.90 Å². The summed E-state index contributed by atoms with van der Waals surface area (Å²) in [5, 5.41) is 7.40. The smallest absolute Gasteiger partial charge is 0.143 e. The topological polar surface area (TPSA) is 16.4 Å². The molecule has 0 saturated heterocycles. The molecule has 9 aromatic carbocycles. The van der Waals surface area contributed by atoms with Crippen LogP contribution < -0.4 is 4.90 Å². The van der Waals surface area contributed by atoms with Gasteiger partial charge in [0.15, 0.2) is 0 Å². The van der Waals surface area contributed by atoms with Crippen molar-refractivity contribution in [2.24, 2.45) is 0 Å². The second kappa shape index (κ2) is 13.4. The lowest BCUT2D eigenvalue weighted by Gasteiger charge is -2.27. The van der Waals surface area contributed by atoms with Gasteiger partial charge >= 0.3 is 0 Å². The number of hydrogen-bond donors (Lipinski definition) is 0. The Morgan fingerprint density at radius 3 is 2.00 bits per heavy atom. The minimum Gasteiger partial charge on any atom is -0.455 e. The van der Waals surface area contributed by atoms with Crippen LogP contribution in [0.1, 0.15) is 5.56 Å². The van der Waals surface area contributed by atoms with Crippen LogP contribution in [0.5, 0.6) is 0 Å². The Kier molecular flexibility index (Phi) is 7.78. The number of rotatable bonds is 7. The molecule has 0 radical (unpaired) electrons. The first-order valence-electron chi connectivity index (χ1n) is 19.1. The Morgan fingerprint density at radius 1 is 0.411 bits per heavy atom. The highest BCUT2D eigenvalue weighted by atomic mass is 32.1. The van der Waals surface area contributed by atoms with E-state index in [4.69, 9.17) is 4.42 Å². The number of hydrogen-bond acceptors (Lipinski definition) is 3. The van der Waals surface area contributed by atoms with Crippen molar-refractivity contribution in [1.82, 2.24) is 0 Å². The Morgan fingerprint density at radius 2 is 1.09 bits per heavy atom. The first kappa shape index (κ1) is 32.5. The zero-order valence-electron chi connectivity index (χ0n) is 30.5. The molecule has 2 heterocycles. The van der Waals surface area contributed by atoms with Gasteiger partial charge in [-0.3, -0.25) is 0 Å². The van der Waals surface area contributed by atoms with E-state index in [1.54, 1.807) is 0 Å². The van der Waals surface area contributed by atoms with Crippen LogP contribution in [0.4, 0.5) is 11.4 Å². The third-order valence-electron chi connectivity index (χ3n) is 11.2. The van der Waals surface area contributed by atoms with Crippen molar-refractivity contribution < 1.29 is 4.42 Å². The van der Waals surface area contributed by atoms with Crippen LogP contribution in [0, 0.1) is 0 Å². The normalized spacial score (nSPS) is 11.6. The summed E-state index contributed by atoms with van der Waals surface area (Å²) in [7, 11) is 0. The number of fused-ring (bicyclic) bond motifs is 7. The summed E-state index contributed by atoms with van der Waals surface area (Å²) >= 11 is 1.88. The Labute approximate surface area is 329 Å². The van der Waals surface area contributed by atoms with E-state index in [1.165, 1.54) is 64.3 Å². The van der Waals surface area contributed by atoms with Crippen molar-refractivity contribution in [1.29, 1.82) is 0 Å². The third kappa shape index (κ3) is 5.56. The molecular weight excluding hydrogens is 699 g/mol. The zero-order chi connectivity index (χ0) is 37.0. The molecule has 0 aliphatic heterocycles. The maximum absolute atomic E-state index is 6.56. The highest BCUT2D eigenvalue weighted by molar-refractivity contribution is 7.26. The fourth-order valence-corrected chi connectivity index (χ4v) is 9.64. The number of para-hydroxylation sites is 2. The number of anilines is 2. The van der Waals surface area contributed by atoms with E-state index >= 15 is 0 Å². The average Bonchev–Trinajstić information content (AvgIpc) is 3.85. The monoisotopic (exact) mass is 733 g/mol. The molecule has 56 heavy (non-hydrogen) atoms. The number of nitrogens with zero attached hydrogens (tertiary/aromatic N) is 1. The van der Waals surface area contributed by atoms with Crippen LogP contribution in [-0.2, 0) is 6.54 Å². The summed E-state index contributed by atoms with van der Waals surface area (Å²) in [4.78, 5) is 2.45. The Hall–Kier alpha value is -6.94. The number of thiophene rings is 1. The highest BCUT2D eigenvalue weighted by Gasteiger charge is 2.19.